The van der Waals surface area contributed by atoms with Crippen molar-refractivity contribution in [3.63, 3.8) is 0 Å². The minimum atomic E-state index is -0.384. The first kappa shape index (κ1) is 13.9. The Morgan fingerprint density at radius 3 is 2.67 bits per heavy atom. The molecule has 0 spiro atoms. The van der Waals surface area contributed by atoms with Crippen molar-refractivity contribution in [2.24, 2.45) is 0 Å². The molecule has 1 heterocycles. The summed E-state index contributed by atoms with van der Waals surface area (Å²) in [5.41, 5.74) is 0. The summed E-state index contributed by atoms with van der Waals surface area (Å²) < 4.78 is 4.97. The lowest BCUT2D eigenvalue weighted by molar-refractivity contribution is -0.137. The van der Waals surface area contributed by atoms with Crippen LogP contribution in [0.3, 0.4) is 0 Å². The van der Waals surface area contributed by atoms with Gasteiger partial charge in [-0.15, -0.1) is 6.42 Å². The van der Waals surface area contributed by atoms with E-state index in [9.17, 15) is 14.4 Å². The van der Waals surface area contributed by atoms with E-state index in [1.165, 1.54) is 12.2 Å². The van der Waals surface area contributed by atoms with Crippen LogP contribution in [0.5, 0.6) is 0 Å². The van der Waals surface area contributed by atoms with E-state index in [0.717, 1.165) is 4.90 Å². The maximum absolute atomic E-state index is 11.4. The summed E-state index contributed by atoms with van der Waals surface area (Å²) in [4.78, 5) is 34.7. The molecule has 0 aromatic rings. The van der Waals surface area contributed by atoms with E-state index in [1.807, 2.05) is 0 Å². The topological polar surface area (TPSA) is 75.7 Å². The number of ether oxygens (including phenoxy) is 1. The monoisotopic (exact) mass is 250 g/mol. The van der Waals surface area contributed by atoms with Crippen molar-refractivity contribution in [2.45, 2.75) is 6.42 Å². The second kappa shape index (κ2) is 7.25. The van der Waals surface area contributed by atoms with Gasteiger partial charge >= 0.3 is 0 Å². The fraction of sp³-hybridized carbons (Fsp3) is 0.417. The van der Waals surface area contributed by atoms with Gasteiger partial charge in [0.1, 0.15) is 6.61 Å². The molecule has 96 valence electrons. The maximum Gasteiger partial charge on any atom is 0.253 e. The van der Waals surface area contributed by atoms with Crippen LogP contribution in [0.2, 0.25) is 0 Å². The Morgan fingerprint density at radius 1 is 1.39 bits per heavy atom. The van der Waals surface area contributed by atoms with E-state index in [1.54, 1.807) is 0 Å². The first-order valence-electron chi connectivity index (χ1n) is 5.46. The van der Waals surface area contributed by atoms with Crippen molar-refractivity contribution in [3.8, 4) is 12.3 Å². The largest absolute Gasteiger partial charge is 0.367 e. The zero-order valence-corrected chi connectivity index (χ0v) is 9.85. The standard InChI is InChI=1S/C12H14N2O4/c1-2-8-18-9-6-13-10(15)5-7-14-11(16)3-4-12(14)17/h1,3-4H,5-9H2,(H,13,15). The molecule has 0 aliphatic carbocycles. The number of hydrogen-bond acceptors (Lipinski definition) is 4. The van der Waals surface area contributed by atoms with Gasteiger partial charge < -0.3 is 10.1 Å². The van der Waals surface area contributed by atoms with Crippen molar-refractivity contribution >= 4 is 17.7 Å². The Hall–Kier alpha value is -2.13. The summed E-state index contributed by atoms with van der Waals surface area (Å²) in [6.07, 6.45) is 7.43. The normalized spacial score (nSPS) is 13.8. The number of rotatable bonds is 7. The molecule has 1 aliphatic rings. The van der Waals surface area contributed by atoms with Gasteiger partial charge in [-0.3, -0.25) is 19.3 Å². The van der Waals surface area contributed by atoms with Crippen LogP contribution < -0.4 is 5.32 Å². The van der Waals surface area contributed by atoms with E-state index < -0.39 is 0 Å². The van der Waals surface area contributed by atoms with Gasteiger partial charge in [0.05, 0.1) is 6.61 Å². The van der Waals surface area contributed by atoms with Crippen molar-refractivity contribution in [1.29, 1.82) is 0 Å². The van der Waals surface area contributed by atoms with Crippen LogP contribution in [0.4, 0.5) is 0 Å². The van der Waals surface area contributed by atoms with Crippen molar-refractivity contribution in [3.05, 3.63) is 12.2 Å². The summed E-state index contributed by atoms with van der Waals surface area (Å²) in [7, 11) is 0. The molecular formula is C12H14N2O4. The maximum atomic E-state index is 11.4. The summed E-state index contributed by atoms with van der Waals surface area (Å²) in [6, 6.07) is 0. The molecule has 0 radical (unpaired) electrons. The number of carbonyl (C=O) groups is 3. The minimum absolute atomic E-state index is 0.0777. The molecule has 6 heteroatoms. The van der Waals surface area contributed by atoms with E-state index in [0.29, 0.717) is 13.2 Å². The van der Waals surface area contributed by atoms with Crippen LogP contribution in [0.1, 0.15) is 6.42 Å². The van der Waals surface area contributed by atoms with Gasteiger partial charge in [0.15, 0.2) is 0 Å². The first-order valence-corrected chi connectivity index (χ1v) is 5.46. The molecule has 0 atom stereocenters. The smallest absolute Gasteiger partial charge is 0.253 e. The van der Waals surface area contributed by atoms with Crippen molar-refractivity contribution in [2.75, 3.05) is 26.3 Å². The third-order valence-electron chi connectivity index (χ3n) is 2.22. The molecule has 0 fully saturated rings. The zero-order chi connectivity index (χ0) is 13.4. The molecule has 0 unspecified atom stereocenters. The summed E-state index contributed by atoms with van der Waals surface area (Å²) in [5, 5.41) is 2.59. The average Bonchev–Trinajstić information content (AvgIpc) is 2.66. The fourth-order valence-electron chi connectivity index (χ4n) is 1.35. The van der Waals surface area contributed by atoms with Crippen LogP contribution in [-0.4, -0.2) is 48.9 Å². The predicted molar refractivity (Wildman–Crippen MR) is 63.1 cm³/mol. The summed E-state index contributed by atoms with van der Waals surface area (Å²) >= 11 is 0. The number of nitrogens with zero attached hydrogens (tertiary/aromatic N) is 1. The third-order valence-corrected chi connectivity index (χ3v) is 2.22. The number of terminal acetylenes is 1. The first-order chi connectivity index (χ1) is 8.65. The molecule has 1 aliphatic heterocycles. The zero-order valence-electron chi connectivity index (χ0n) is 9.85. The Kier molecular flexibility index (Phi) is 5.61. The number of imide groups is 1. The van der Waals surface area contributed by atoms with E-state index in [4.69, 9.17) is 11.2 Å². The van der Waals surface area contributed by atoms with Gasteiger partial charge in [0, 0.05) is 31.7 Å². The van der Waals surface area contributed by atoms with Crippen molar-refractivity contribution < 1.29 is 19.1 Å². The molecular weight excluding hydrogens is 236 g/mol. The molecule has 3 amide bonds. The quantitative estimate of drug-likeness (QED) is 0.360. The molecule has 18 heavy (non-hydrogen) atoms. The van der Waals surface area contributed by atoms with Crippen LogP contribution in [0, 0.1) is 12.3 Å². The van der Waals surface area contributed by atoms with Gasteiger partial charge in [-0.2, -0.15) is 0 Å². The highest BCUT2D eigenvalue weighted by Gasteiger charge is 2.23. The second-order valence-electron chi connectivity index (χ2n) is 3.52. The lowest BCUT2D eigenvalue weighted by Gasteiger charge is -2.13. The van der Waals surface area contributed by atoms with E-state index in [-0.39, 0.29) is 37.3 Å². The number of amides is 3. The minimum Gasteiger partial charge on any atom is -0.367 e. The van der Waals surface area contributed by atoms with Crippen LogP contribution in [0.25, 0.3) is 0 Å². The van der Waals surface area contributed by atoms with Gasteiger partial charge in [-0.05, 0) is 0 Å². The van der Waals surface area contributed by atoms with Gasteiger partial charge in [-0.1, -0.05) is 5.92 Å². The van der Waals surface area contributed by atoms with E-state index >= 15 is 0 Å². The van der Waals surface area contributed by atoms with Gasteiger partial charge in [-0.25, -0.2) is 0 Å². The molecule has 6 nitrogen and oxygen atoms in total. The number of nitrogens with one attached hydrogen (secondary N) is 1. The lowest BCUT2D eigenvalue weighted by atomic mass is 10.3. The Balaban J connectivity index is 2.12. The second-order valence-corrected chi connectivity index (χ2v) is 3.52. The Bertz CT molecular complexity index is 391. The molecule has 1 rings (SSSR count). The van der Waals surface area contributed by atoms with Crippen LogP contribution in [0.15, 0.2) is 12.2 Å². The average molecular weight is 250 g/mol. The highest BCUT2D eigenvalue weighted by atomic mass is 16.5. The highest BCUT2D eigenvalue weighted by molar-refractivity contribution is 6.13. The molecule has 1 N–H and O–H groups in total. The Labute approximate surface area is 105 Å². The molecule has 0 bridgehead atoms. The summed E-state index contributed by atoms with van der Waals surface area (Å²) in [6.45, 7) is 0.972. The summed E-state index contributed by atoms with van der Waals surface area (Å²) in [5.74, 6) is 1.29. The third kappa shape index (κ3) is 4.39. The fourth-order valence-corrected chi connectivity index (χ4v) is 1.35. The molecule has 0 aromatic heterocycles. The van der Waals surface area contributed by atoms with E-state index in [2.05, 4.69) is 11.2 Å². The number of carbonyl (C=O) groups excluding carboxylic acids is 3. The molecule has 0 saturated carbocycles. The SMILES string of the molecule is C#CCOCCNC(=O)CCN1C(=O)C=CC1=O. The predicted octanol–water partition coefficient (Wildman–Crippen LogP) is -0.932. The molecule has 0 saturated heterocycles. The number of hydrogen-bond donors (Lipinski definition) is 1. The highest BCUT2D eigenvalue weighted by Crippen LogP contribution is 2.03. The molecule has 0 aromatic carbocycles. The van der Waals surface area contributed by atoms with Crippen LogP contribution >= 0.6 is 0 Å². The van der Waals surface area contributed by atoms with Gasteiger partial charge in [0.25, 0.3) is 11.8 Å². The van der Waals surface area contributed by atoms with Gasteiger partial charge in [0.2, 0.25) is 5.91 Å². The lowest BCUT2D eigenvalue weighted by Crippen LogP contribution is -2.35. The Morgan fingerprint density at radius 2 is 2.06 bits per heavy atom. The van der Waals surface area contributed by atoms with Crippen LogP contribution in [-0.2, 0) is 19.1 Å². The van der Waals surface area contributed by atoms with Crippen molar-refractivity contribution in [1.82, 2.24) is 10.2 Å².